The number of sulfonamides is 1. The minimum absolute atomic E-state index is 0.0964. The fourth-order valence-electron chi connectivity index (χ4n) is 3.39. The second kappa shape index (κ2) is 8.97. The van der Waals surface area contributed by atoms with Crippen molar-refractivity contribution >= 4 is 21.6 Å². The van der Waals surface area contributed by atoms with Gasteiger partial charge in [-0.2, -0.15) is 4.31 Å². The van der Waals surface area contributed by atoms with Crippen molar-refractivity contribution in [2.24, 2.45) is 0 Å². The van der Waals surface area contributed by atoms with Gasteiger partial charge in [0.2, 0.25) is 10.0 Å². The van der Waals surface area contributed by atoms with Gasteiger partial charge in [-0.05, 0) is 75.1 Å². The number of aryl methyl sites for hydroxylation is 2. The molecule has 0 aromatic heterocycles. The first-order chi connectivity index (χ1) is 13.8. The first kappa shape index (κ1) is 21.3. The summed E-state index contributed by atoms with van der Waals surface area (Å²) in [6.07, 6.45) is 2.75. The molecule has 0 atom stereocenters. The van der Waals surface area contributed by atoms with E-state index in [9.17, 15) is 13.2 Å². The molecule has 156 valence electrons. The number of hydrogen-bond acceptors (Lipinski definition) is 4. The fourth-order valence-corrected chi connectivity index (χ4v) is 5.07. The van der Waals surface area contributed by atoms with E-state index in [4.69, 9.17) is 4.74 Å². The van der Waals surface area contributed by atoms with Gasteiger partial charge in [0.1, 0.15) is 10.6 Å². The first-order valence-corrected chi connectivity index (χ1v) is 11.4. The van der Waals surface area contributed by atoms with Crippen molar-refractivity contribution in [2.75, 3.05) is 25.0 Å². The van der Waals surface area contributed by atoms with Gasteiger partial charge in [0.15, 0.2) is 0 Å². The Labute approximate surface area is 172 Å². The van der Waals surface area contributed by atoms with Crippen LogP contribution in [0.4, 0.5) is 5.69 Å². The summed E-state index contributed by atoms with van der Waals surface area (Å²) < 4.78 is 33.5. The van der Waals surface area contributed by atoms with Gasteiger partial charge in [0, 0.05) is 24.3 Å². The van der Waals surface area contributed by atoms with Crippen LogP contribution in [0.5, 0.6) is 5.75 Å². The zero-order valence-electron chi connectivity index (χ0n) is 17.2. The molecular weight excluding hydrogens is 388 g/mol. The van der Waals surface area contributed by atoms with Gasteiger partial charge in [-0.25, -0.2) is 8.42 Å². The van der Waals surface area contributed by atoms with Crippen molar-refractivity contribution < 1.29 is 17.9 Å². The Morgan fingerprint density at radius 1 is 1.03 bits per heavy atom. The maximum Gasteiger partial charge on any atom is 0.255 e. The molecule has 1 saturated heterocycles. The molecule has 6 nitrogen and oxygen atoms in total. The van der Waals surface area contributed by atoms with Crippen LogP contribution in [0.15, 0.2) is 41.3 Å². The second-order valence-electron chi connectivity index (χ2n) is 7.31. The standard InChI is InChI=1S/C22H28N2O4S/c1-4-28-20-11-10-19(23-22(25)18-9-8-16(2)17(3)14-18)15-21(20)29(26,27)24-12-6-5-7-13-24/h8-11,14-15H,4-7,12-13H2,1-3H3,(H,23,25). The summed E-state index contributed by atoms with van der Waals surface area (Å²) in [7, 11) is -3.69. The molecular formula is C22H28N2O4S. The van der Waals surface area contributed by atoms with Crippen molar-refractivity contribution in [3.8, 4) is 5.75 Å². The van der Waals surface area contributed by atoms with E-state index in [1.165, 1.54) is 10.4 Å². The lowest BCUT2D eigenvalue weighted by Gasteiger charge is -2.27. The molecule has 1 heterocycles. The van der Waals surface area contributed by atoms with E-state index in [-0.39, 0.29) is 10.8 Å². The number of rotatable bonds is 6. The quantitative estimate of drug-likeness (QED) is 0.768. The molecule has 0 radical (unpaired) electrons. The van der Waals surface area contributed by atoms with E-state index in [0.717, 1.165) is 30.4 Å². The van der Waals surface area contributed by atoms with Crippen molar-refractivity contribution in [3.63, 3.8) is 0 Å². The lowest BCUT2D eigenvalue weighted by atomic mass is 10.1. The molecule has 0 saturated carbocycles. The number of ether oxygens (including phenoxy) is 1. The van der Waals surface area contributed by atoms with Crippen LogP contribution in [0, 0.1) is 13.8 Å². The van der Waals surface area contributed by atoms with Gasteiger partial charge < -0.3 is 10.1 Å². The number of nitrogens with zero attached hydrogens (tertiary/aromatic N) is 1. The van der Waals surface area contributed by atoms with Crippen LogP contribution in [-0.4, -0.2) is 38.3 Å². The topological polar surface area (TPSA) is 75.7 Å². The van der Waals surface area contributed by atoms with Crippen molar-refractivity contribution in [3.05, 3.63) is 53.1 Å². The number of hydrogen-bond donors (Lipinski definition) is 1. The zero-order chi connectivity index (χ0) is 21.0. The van der Waals surface area contributed by atoms with Crippen LogP contribution in [0.25, 0.3) is 0 Å². The Kier molecular flexibility index (Phi) is 6.59. The summed E-state index contributed by atoms with van der Waals surface area (Å²) in [5.41, 5.74) is 3.09. The highest BCUT2D eigenvalue weighted by atomic mass is 32.2. The highest BCUT2D eigenvalue weighted by Gasteiger charge is 2.29. The van der Waals surface area contributed by atoms with E-state index in [1.807, 2.05) is 32.9 Å². The first-order valence-electron chi connectivity index (χ1n) is 9.98. The van der Waals surface area contributed by atoms with E-state index >= 15 is 0 Å². The summed E-state index contributed by atoms with van der Waals surface area (Å²) >= 11 is 0. The summed E-state index contributed by atoms with van der Waals surface area (Å²) in [5, 5.41) is 2.81. The summed E-state index contributed by atoms with van der Waals surface area (Å²) in [6.45, 7) is 7.12. The molecule has 1 amide bonds. The molecule has 0 unspecified atom stereocenters. The van der Waals surface area contributed by atoms with E-state index in [2.05, 4.69) is 5.32 Å². The van der Waals surface area contributed by atoms with E-state index in [0.29, 0.717) is 36.7 Å². The maximum absolute atomic E-state index is 13.2. The molecule has 1 N–H and O–H groups in total. The monoisotopic (exact) mass is 416 g/mol. The molecule has 29 heavy (non-hydrogen) atoms. The molecule has 7 heteroatoms. The minimum atomic E-state index is -3.69. The van der Waals surface area contributed by atoms with Crippen LogP contribution < -0.4 is 10.1 Å². The van der Waals surface area contributed by atoms with E-state index in [1.54, 1.807) is 18.2 Å². The third kappa shape index (κ3) is 4.79. The molecule has 3 rings (SSSR count). The Balaban J connectivity index is 1.91. The van der Waals surface area contributed by atoms with Gasteiger partial charge in [-0.15, -0.1) is 0 Å². The second-order valence-corrected chi connectivity index (χ2v) is 9.22. The molecule has 1 aliphatic heterocycles. The predicted molar refractivity (Wildman–Crippen MR) is 114 cm³/mol. The van der Waals surface area contributed by atoms with Crippen LogP contribution in [0.1, 0.15) is 47.7 Å². The molecule has 2 aromatic rings. The molecule has 1 aliphatic rings. The number of carbonyl (C=O) groups is 1. The van der Waals surface area contributed by atoms with Gasteiger partial charge in [-0.1, -0.05) is 12.5 Å². The average molecular weight is 417 g/mol. The number of piperidine rings is 1. The number of nitrogens with one attached hydrogen (secondary N) is 1. The molecule has 2 aromatic carbocycles. The Morgan fingerprint density at radius 2 is 1.76 bits per heavy atom. The largest absolute Gasteiger partial charge is 0.492 e. The lowest BCUT2D eigenvalue weighted by molar-refractivity contribution is 0.102. The normalized spacial score (nSPS) is 15.1. The highest BCUT2D eigenvalue weighted by Crippen LogP contribution is 2.31. The minimum Gasteiger partial charge on any atom is -0.492 e. The highest BCUT2D eigenvalue weighted by molar-refractivity contribution is 7.89. The van der Waals surface area contributed by atoms with Crippen molar-refractivity contribution in [1.29, 1.82) is 0 Å². The number of carbonyl (C=O) groups excluding carboxylic acids is 1. The zero-order valence-corrected chi connectivity index (χ0v) is 18.0. The Bertz CT molecular complexity index is 996. The fraction of sp³-hybridized carbons (Fsp3) is 0.409. The smallest absolute Gasteiger partial charge is 0.255 e. The number of benzene rings is 2. The molecule has 0 spiro atoms. The van der Waals surface area contributed by atoms with Gasteiger partial charge in [-0.3, -0.25) is 4.79 Å². The number of anilines is 1. The summed E-state index contributed by atoms with van der Waals surface area (Å²) in [4.78, 5) is 12.7. The van der Waals surface area contributed by atoms with Crippen LogP contribution in [-0.2, 0) is 10.0 Å². The SMILES string of the molecule is CCOc1ccc(NC(=O)c2ccc(C)c(C)c2)cc1S(=O)(=O)N1CCCCC1. The molecule has 0 aliphatic carbocycles. The Morgan fingerprint density at radius 3 is 2.41 bits per heavy atom. The number of amides is 1. The predicted octanol–water partition coefficient (Wildman–Crippen LogP) is 4.13. The van der Waals surface area contributed by atoms with Crippen LogP contribution in [0.2, 0.25) is 0 Å². The van der Waals surface area contributed by atoms with Gasteiger partial charge >= 0.3 is 0 Å². The van der Waals surface area contributed by atoms with Crippen LogP contribution >= 0.6 is 0 Å². The maximum atomic E-state index is 13.2. The third-order valence-electron chi connectivity index (χ3n) is 5.20. The average Bonchev–Trinajstić information content (AvgIpc) is 2.72. The third-order valence-corrected chi connectivity index (χ3v) is 7.12. The van der Waals surface area contributed by atoms with Gasteiger partial charge in [0.25, 0.3) is 5.91 Å². The Hall–Kier alpha value is -2.38. The molecule has 0 bridgehead atoms. The lowest BCUT2D eigenvalue weighted by Crippen LogP contribution is -2.35. The van der Waals surface area contributed by atoms with Crippen molar-refractivity contribution in [2.45, 2.75) is 44.9 Å². The van der Waals surface area contributed by atoms with E-state index < -0.39 is 10.0 Å². The van der Waals surface area contributed by atoms with Crippen molar-refractivity contribution in [1.82, 2.24) is 4.31 Å². The summed E-state index contributed by atoms with van der Waals surface area (Å²) in [6, 6.07) is 10.3. The summed E-state index contributed by atoms with van der Waals surface area (Å²) in [5.74, 6) is 0.0285. The van der Waals surface area contributed by atoms with Gasteiger partial charge in [0.05, 0.1) is 6.61 Å². The van der Waals surface area contributed by atoms with Crippen LogP contribution in [0.3, 0.4) is 0 Å². The molecule has 1 fully saturated rings.